The Hall–Kier alpha value is -1.18. The monoisotopic (exact) mass is 301 g/mol. The van der Waals surface area contributed by atoms with Crippen LogP contribution >= 0.6 is 0 Å². The topological polar surface area (TPSA) is 71.5 Å². The summed E-state index contributed by atoms with van der Waals surface area (Å²) in [6.07, 6.45) is 1.58. The largest absolute Gasteiger partial charge is 0.380 e. The van der Waals surface area contributed by atoms with E-state index in [2.05, 4.69) is 10.3 Å². The Morgan fingerprint density at radius 2 is 2.10 bits per heavy atom. The molecule has 7 heteroatoms. The Balaban J connectivity index is 3.01. The van der Waals surface area contributed by atoms with Gasteiger partial charge in [0, 0.05) is 32.4 Å². The van der Waals surface area contributed by atoms with Crippen molar-refractivity contribution in [2.45, 2.75) is 25.7 Å². The molecule has 0 atom stereocenters. The summed E-state index contributed by atoms with van der Waals surface area (Å²) in [6, 6.07) is 3.20. The van der Waals surface area contributed by atoms with Crippen LogP contribution in [0.15, 0.2) is 23.2 Å². The average molecular weight is 301 g/mol. The Labute approximate surface area is 121 Å². The van der Waals surface area contributed by atoms with E-state index in [-0.39, 0.29) is 4.90 Å². The summed E-state index contributed by atoms with van der Waals surface area (Å²) >= 11 is 0. The standard InChI is InChI=1S/C13H23N3O3S/c1-4-14-13-12(8-7-9-15-13)20(17,18)16(5-2)10-11-19-6-3/h7-9H,4-6,10-11H2,1-3H3,(H,14,15). The minimum atomic E-state index is -3.56. The molecule has 1 aromatic rings. The highest BCUT2D eigenvalue weighted by atomic mass is 32.2. The third-order valence-electron chi connectivity index (χ3n) is 2.77. The van der Waals surface area contributed by atoms with Gasteiger partial charge in [0.1, 0.15) is 10.7 Å². The number of hydrogen-bond donors (Lipinski definition) is 1. The number of hydrogen-bond acceptors (Lipinski definition) is 5. The fourth-order valence-corrected chi connectivity index (χ4v) is 3.35. The van der Waals surface area contributed by atoms with Gasteiger partial charge in [-0.2, -0.15) is 4.31 Å². The molecule has 114 valence electrons. The van der Waals surface area contributed by atoms with Gasteiger partial charge in [-0.15, -0.1) is 0 Å². The highest BCUT2D eigenvalue weighted by molar-refractivity contribution is 7.89. The lowest BCUT2D eigenvalue weighted by atomic mass is 10.4. The van der Waals surface area contributed by atoms with Crippen LogP contribution in [0.3, 0.4) is 0 Å². The molecule has 1 N–H and O–H groups in total. The third kappa shape index (κ3) is 4.16. The van der Waals surface area contributed by atoms with Crippen LogP contribution < -0.4 is 5.32 Å². The van der Waals surface area contributed by atoms with E-state index in [1.54, 1.807) is 18.3 Å². The molecule has 0 amide bonds. The number of aromatic nitrogens is 1. The summed E-state index contributed by atoms with van der Waals surface area (Å²) in [4.78, 5) is 4.31. The molecule has 20 heavy (non-hydrogen) atoms. The first-order valence-corrected chi connectivity index (χ1v) is 8.28. The zero-order chi connectivity index (χ0) is 15.0. The molecule has 1 rings (SSSR count). The molecule has 0 unspecified atom stereocenters. The average Bonchev–Trinajstić information content (AvgIpc) is 2.44. The molecule has 0 aromatic carbocycles. The van der Waals surface area contributed by atoms with Crippen molar-refractivity contribution in [2.75, 3.05) is 38.2 Å². The highest BCUT2D eigenvalue weighted by Gasteiger charge is 2.26. The second kappa shape index (κ2) is 8.18. The number of sulfonamides is 1. The van der Waals surface area contributed by atoms with Gasteiger partial charge in [-0.05, 0) is 26.0 Å². The van der Waals surface area contributed by atoms with Crippen molar-refractivity contribution in [3.8, 4) is 0 Å². The number of rotatable bonds is 9. The van der Waals surface area contributed by atoms with Crippen molar-refractivity contribution in [1.29, 1.82) is 0 Å². The number of nitrogens with one attached hydrogen (secondary N) is 1. The minimum absolute atomic E-state index is 0.209. The Morgan fingerprint density at radius 3 is 2.70 bits per heavy atom. The quantitative estimate of drug-likeness (QED) is 0.701. The summed E-state index contributed by atoms with van der Waals surface area (Å²) in [5, 5.41) is 2.98. The summed E-state index contributed by atoms with van der Waals surface area (Å²) in [5.41, 5.74) is 0. The lowest BCUT2D eigenvalue weighted by molar-refractivity contribution is 0.135. The smallest absolute Gasteiger partial charge is 0.246 e. The molecule has 1 heterocycles. The van der Waals surface area contributed by atoms with E-state index < -0.39 is 10.0 Å². The molecule has 0 aliphatic rings. The van der Waals surface area contributed by atoms with Crippen molar-refractivity contribution in [3.05, 3.63) is 18.3 Å². The second-order valence-electron chi connectivity index (χ2n) is 4.07. The molecule has 6 nitrogen and oxygen atoms in total. The summed E-state index contributed by atoms with van der Waals surface area (Å²) < 4.78 is 31.9. The van der Waals surface area contributed by atoms with Crippen LogP contribution in [0.2, 0.25) is 0 Å². The van der Waals surface area contributed by atoms with Crippen molar-refractivity contribution in [1.82, 2.24) is 9.29 Å². The molecule has 0 fully saturated rings. The lowest BCUT2D eigenvalue weighted by Crippen LogP contribution is -2.34. The lowest BCUT2D eigenvalue weighted by Gasteiger charge is -2.21. The fourth-order valence-electron chi connectivity index (χ4n) is 1.80. The Bertz CT molecular complexity index is 505. The molecular formula is C13H23N3O3S. The van der Waals surface area contributed by atoms with Crippen LogP contribution in [0.4, 0.5) is 5.82 Å². The SMILES string of the molecule is CCNc1ncccc1S(=O)(=O)N(CC)CCOCC. The van der Waals surface area contributed by atoms with Crippen molar-refractivity contribution in [3.63, 3.8) is 0 Å². The van der Waals surface area contributed by atoms with Crippen LogP contribution in [0.1, 0.15) is 20.8 Å². The van der Waals surface area contributed by atoms with E-state index in [1.165, 1.54) is 4.31 Å². The summed E-state index contributed by atoms with van der Waals surface area (Å²) in [6.45, 7) is 7.92. The van der Waals surface area contributed by atoms with Gasteiger partial charge in [-0.25, -0.2) is 13.4 Å². The third-order valence-corrected chi connectivity index (χ3v) is 4.78. The van der Waals surface area contributed by atoms with Crippen LogP contribution in [-0.4, -0.2) is 50.6 Å². The Kier molecular flexibility index (Phi) is 6.90. The molecule has 1 aromatic heterocycles. The maximum atomic E-state index is 12.6. The summed E-state index contributed by atoms with van der Waals surface area (Å²) in [5.74, 6) is 0.393. The number of likely N-dealkylation sites (N-methyl/N-ethyl adjacent to an activating group) is 1. The van der Waals surface area contributed by atoms with Crippen LogP contribution in [0.5, 0.6) is 0 Å². The number of anilines is 1. The van der Waals surface area contributed by atoms with E-state index in [0.29, 0.717) is 38.7 Å². The van der Waals surface area contributed by atoms with Gasteiger partial charge in [0.25, 0.3) is 0 Å². The number of ether oxygens (including phenoxy) is 1. The molecule has 0 saturated heterocycles. The van der Waals surface area contributed by atoms with Crippen LogP contribution in [0, 0.1) is 0 Å². The molecule has 0 aliphatic heterocycles. The second-order valence-corrected chi connectivity index (χ2v) is 5.98. The first-order valence-electron chi connectivity index (χ1n) is 6.84. The van der Waals surface area contributed by atoms with Crippen LogP contribution in [-0.2, 0) is 14.8 Å². The molecule has 0 bridgehead atoms. The first kappa shape index (κ1) is 16.9. The summed E-state index contributed by atoms with van der Waals surface area (Å²) in [7, 11) is -3.56. The van der Waals surface area contributed by atoms with Gasteiger partial charge in [0.2, 0.25) is 10.0 Å². The minimum Gasteiger partial charge on any atom is -0.380 e. The predicted molar refractivity (Wildman–Crippen MR) is 79.3 cm³/mol. The van der Waals surface area contributed by atoms with Crippen LogP contribution in [0.25, 0.3) is 0 Å². The van der Waals surface area contributed by atoms with E-state index >= 15 is 0 Å². The number of nitrogens with zero attached hydrogens (tertiary/aromatic N) is 2. The van der Waals surface area contributed by atoms with Crippen molar-refractivity contribution in [2.24, 2.45) is 0 Å². The van der Waals surface area contributed by atoms with Crippen molar-refractivity contribution < 1.29 is 13.2 Å². The van der Waals surface area contributed by atoms with Gasteiger partial charge in [0.15, 0.2) is 0 Å². The molecule has 0 saturated carbocycles. The molecular weight excluding hydrogens is 278 g/mol. The Morgan fingerprint density at radius 1 is 1.35 bits per heavy atom. The number of pyridine rings is 1. The first-order chi connectivity index (χ1) is 9.57. The zero-order valence-electron chi connectivity index (χ0n) is 12.3. The van der Waals surface area contributed by atoms with Gasteiger partial charge in [-0.1, -0.05) is 6.92 Å². The predicted octanol–water partition coefficient (Wildman–Crippen LogP) is 1.56. The maximum absolute atomic E-state index is 12.6. The fraction of sp³-hybridized carbons (Fsp3) is 0.615. The van der Waals surface area contributed by atoms with E-state index in [1.807, 2.05) is 20.8 Å². The van der Waals surface area contributed by atoms with Gasteiger partial charge < -0.3 is 10.1 Å². The van der Waals surface area contributed by atoms with E-state index in [4.69, 9.17) is 4.74 Å². The van der Waals surface area contributed by atoms with Gasteiger partial charge in [-0.3, -0.25) is 0 Å². The van der Waals surface area contributed by atoms with E-state index in [9.17, 15) is 8.42 Å². The van der Waals surface area contributed by atoms with Gasteiger partial charge >= 0.3 is 0 Å². The maximum Gasteiger partial charge on any atom is 0.246 e. The molecule has 0 spiro atoms. The normalized spacial score (nSPS) is 11.8. The van der Waals surface area contributed by atoms with E-state index in [0.717, 1.165) is 0 Å². The molecule has 0 radical (unpaired) electrons. The zero-order valence-corrected chi connectivity index (χ0v) is 13.1. The molecule has 0 aliphatic carbocycles. The highest BCUT2D eigenvalue weighted by Crippen LogP contribution is 2.22. The van der Waals surface area contributed by atoms with Gasteiger partial charge in [0.05, 0.1) is 6.61 Å². The van der Waals surface area contributed by atoms with Crippen molar-refractivity contribution >= 4 is 15.8 Å².